The molecule has 96 valence electrons. The molecule has 3 N–H and O–H groups in total. The molecule has 0 aromatic heterocycles. The molecule has 0 saturated carbocycles. The number of urea groups is 1. The molecule has 4 amide bonds. The number of barbiturate groups is 1. The Morgan fingerprint density at radius 3 is 2.44 bits per heavy atom. The van der Waals surface area contributed by atoms with E-state index in [-0.39, 0.29) is 5.57 Å². The van der Waals surface area contributed by atoms with Crippen LogP contribution in [0, 0.1) is 0 Å². The minimum Gasteiger partial charge on any atom is -0.480 e. The highest BCUT2D eigenvalue weighted by Gasteiger charge is 2.33. The van der Waals surface area contributed by atoms with Crippen molar-refractivity contribution in [3.05, 3.63) is 11.8 Å². The van der Waals surface area contributed by atoms with Gasteiger partial charge in [0.05, 0.1) is 0 Å². The summed E-state index contributed by atoms with van der Waals surface area (Å²) < 4.78 is 0. The monoisotopic (exact) mass is 253 g/mol. The zero-order chi connectivity index (χ0) is 13.3. The third-order valence-electron chi connectivity index (χ3n) is 2.82. The van der Waals surface area contributed by atoms with Crippen LogP contribution in [0.25, 0.3) is 0 Å². The fraction of sp³-hybridized carbons (Fsp3) is 0.400. The van der Waals surface area contributed by atoms with Gasteiger partial charge in [-0.15, -0.1) is 0 Å². The van der Waals surface area contributed by atoms with Gasteiger partial charge in [-0.25, -0.2) is 9.59 Å². The van der Waals surface area contributed by atoms with Gasteiger partial charge in [-0.1, -0.05) is 0 Å². The van der Waals surface area contributed by atoms with Gasteiger partial charge >= 0.3 is 12.0 Å². The summed E-state index contributed by atoms with van der Waals surface area (Å²) in [4.78, 5) is 46.1. The van der Waals surface area contributed by atoms with Gasteiger partial charge in [0.2, 0.25) is 0 Å². The van der Waals surface area contributed by atoms with Crippen molar-refractivity contribution >= 4 is 23.8 Å². The maximum atomic E-state index is 11.4. The molecule has 0 aromatic rings. The summed E-state index contributed by atoms with van der Waals surface area (Å²) >= 11 is 0. The fourth-order valence-corrected chi connectivity index (χ4v) is 1.97. The topological polar surface area (TPSA) is 116 Å². The number of carbonyl (C=O) groups is 4. The van der Waals surface area contributed by atoms with Gasteiger partial charge in [-0.2, -0.15) is 0 Å². The molecule has 0 bridgehead atoms. The zero-order valence-electron chi connectivity index (χ0n) is 9.30. The standard InChI is InChI=1S/C10H11N3O5/c14-7-5(8(15)12-10(18)11-7)4-13-3-1-2-6(13)9(16)17/h4,6H,1-3H2,(H,16,17)(H2,11,12,14,15,18). The molecule has 2 rings (SSSR count). The lowest BCUT2D eigenvalue weighted by Gasteiger charge is -2.21. The van der Waals surface area contributed by atoms with Crippen molar-refractivity contribution in [2.75, 3.05) is 6.54 Å². The summed E-state index contributed by atoms with van der Waals surface area (Å²) in [5.74, 6) is -2.64. The van der Waals surface area contributed by atoms with Crippen LogP contribution < -0.4 is 10.6 Å². The highest BCUT2D eigenvalue weighted by atomic mass is 16.4. The maximum Gasteiger partial charge on any atom is 0.328 e. The van der Waals surface area contributed by atoms with Crippen LogP contribution in [0.15, 0.2) is 11.8 Å². The second-order valence-corrected chi connectivity index (χ2v) is 4.01. The van der Waals surface area contributed by atoms with E-state index in [4.69, 9.17) is 5.11 Å². The predicted molar refractivity (Wildman–Crippen MR) is 57.1 cm³/mol. The molecule has 0 aromatic carbocycles. The van der Waals surface area contributed by atoms with Gasteiger partial charge in [0.15, 0.2) is 0 Å². The van der Waals surface area contributed by atoms with Crippen molar-refractivity contribution < 1.29 is 24.3 Å². The van der Waals surface area contributed by atoms with Crippen molar-refractivity contribution in [2.45, 2.75) is 18.9 Å². The van der Waals surface area contributed by atoms with Crippen LogP contribution >= 0.6 is 0 Å². The molecule has 18 heavy (non-hydrogen) atoms. The summed E-state index contributed by atoms with van der Waals surface area (Å²) in [5.41, 5.74) is -0.261. The third kappa shape index (κ3) is 2.17. The number of hydrogen-bond acceptors (Lipinski definition) is 5. The number of nitrogens with zero attached hydrogens (tertiary/aromatic N) is 1. The molecule has 8 nitrogen and oxygen atoms in total. The number of carboxylic acid groups (broad SMARTS) is 1. The number of amides is 4. The Bertz CT molecular complexity index is 448. The fourth-order valence-electron chi connectivity index (χ4n) is 1.97. The molecule has 1 atom stereocenters. The van der Waals surface area contributed by atoms with Gasteiger partial charge in [0.25, 0.3) is 11.8 Å². The quantitative estimate of drug-likeness (QED) is 0.420. The minimum atomic E-state index is -1.00. The Balaban J connectivity index is 2.21. The summed E-state index contributed by atoms with van der Waals surface area (Å²) in [6.45, 7) is 0.453. The molecule has 0 spiro atoms. The molecular formula is C10H11N3O5. The lowest BCUT2D eigenvalue weighted by molar-refractivity contribution is -0.141. The molecule has 0 radical (unpaired) electrons. The Hall–Kier alpha value is -2.38. The normalized spacial score (nSPS) is 23.8. The first-order chi connectivity index (χ1) is 8.49. The van der Waals surface area contributed by atoms with E-state index in [1.807, 2.05) is 10.6 Å². The number of nitrogens with one attached hydrogen (secondary N) is 2. The van der Waals surface area contributed by atoms with E-state index in [2.05, 4.69) is 0 Å². The molecule has 2 heterocycles. The zero-order valence-corrected chi connectivity index (χ0v) is 9.30. The summed E-state index contributed by atoms with van der Waals surface area (Å²) in [6.07, 6.45) is 2.33. The Labute approximate surface area is 102 Å². The van der Waals surface area contributed by atoms with Gasteiger partial charge in [-0.3, -0.25) is 20.2 Å². The molecule has 0 aliphatic carbocycles. The number of hydrogen-bond donors (Lipinski definition) is 3. The Kier molecular flexibility index (Phi) is 3.00. The molecular weight excluding hydrogens is 242 g/mol. The molecule has 2 aliphatic rings. The highest BCUT2D eigenvalue weighted by Crippen LogP contribution is 2.19. The molecule has 2 saturated heterocycles. The number of carbonyl (C=O) groups excluding carboxylic acids is 3. The second kappa shape index (κ2) is 4.47. The van der Waals surface area contributed by atoms with Crippen LogP contribution in [0.1, 0.15) is 12.8 Å². The summed E-state index contributed by atoms with van der Waals surface area (Å²) in [7, 11) is 0. The Morgan fingerprint density at radius 2 is 1.89 bits per heavy atom. The number of rotatable bonds is 2. The largest absolute Gasteiger partial charge is 0.480 e. The SMILES string of the molecule is O=C1NC(=O)C(=CN2CCCC2C(=O)O)C(=O)N1. The van der Waals surface area contributed by atoms with Crippen LogP contribution in [-0.2, 0) is 14.4 Å². The summed E-state index contributed by atoms with van der Waals surface area (Å²) in [6, 6.07) is -1.62. The summed E-state index contributed by atoms with van der Waals surface area (Å²) in [5, 5.41) is 12.8. The number of carboxylic acids is 1. The average Bonchev–Trinajstić information content (AvgIpc) is 2.71. The number of aliphatic carboxylic acids is 1. The van der Waals surface area contributed by atoms with E-state index in [0.29, 0.717) is 19.4 Å². The molecule has 2 fully saturated rings. The van der Waals surface area contributed by atoms with E-state index in [1.54, 1.807) is 0 Å². The van der Waals surface area contributed by atoms with Crippen LogP contribution in [0.2, 0.25) is 0 Å². The van der Waals surface area contributed by atoms with E-state index in [9.17, 15) is 19.2 Å². The van der Waals surface area contributed by atoms with Crippen molar-refractivity contribution in [3.63, 3.8) is 0 Å². The molecule has 1 unspecified atom stereocenters. The number of imide groups is 2. The van der Waals surface area contributed by atoms with Crippen LogP contribution in [0.3, 0.4) is 0 Å². The second-order valence-electron chi connectivity index (χ2n) is 4.01. The lowest BCUT2D eigenvalue weighted by Crippen LogP contribution is -2.52. The first kappa shape index (κ1) is 12.1. The Morgan fingerprint density at radius 1 is 1.28 bits per heavy atom. The van der Waals surface area contributed by atoms with Crippen LogP contribution in [-0.4, -0.2) is 46.4 Å². The van der Waals surface area contributed by atoms with E-state index in [1.165, 1.54) is 11.1 Å². The molecule has 2 aliphatic heterocycles. The van der Waals surface area contributed by atoms with Gasteiger partial charge in [0, 0.05) is 12.7 Å². The van der Waals surface area contributed by atoms with Crippen LogP contribution in [0.5, 0.6) is 0 Å². The first-order valence-electron chi connectivity index (χ1n) is 5.36. The highest BCUT2D eigenvalue weighted by molar-refractivity contribution is 6.28. The van der Waals surface area contributed by atoms with E-state index >= 15 is 0 Å². The predicted octanol–water partition coefficient (Wildman–Crippen LogP) is -1.21. The van der Waals surface area contributed by atoms with E-state index < -0.39 is 29.9 Å². The van der Waals surface area contributed by atoms with Crippen molar-refractivity contribution in [3.8, 4) is 0 Å². The minimum absolute atomic E-state index is 0.261. The van der Waals surface area contributed by atoms with E-state index in [0.717, 1.165) is 0 Å². The molecule has 8 heteroatoms. The van der Waals surface area contributed by atoms with Crippen LogP contribution in [0.4, 0.5) is 4.79 Å². The average molecular weight is 253 g/mol. The smallest absolute Gasteiger partial charge is 0.328 e. The number of likely N-dealkylation sites (tertiary alicyclic amines) is 1. The van der Waals surface area contributed by atoms with Gasteiger partial charge in [-0.05, 0) is 12.8 Å². The van der Waals surface area contributed by atoms with Gasteiger partial charge < -0.3 is 10.0 Å². The van der Waals surface area contributed by atoms with Crippen molar-refractivity contribution in [1.82, 2.24) is 15.5 Å². The third-order valence-corrected chi connectivity index (χ3v) is 2.82. The lowest BCUT2D eigenvalue weighted by atomic mass is 10.2. The maximum absolute atomic E-state index is 11.4. The van der Waals surface area contributed by atoms with Gasteiger partial charge in [0.1, 0.15) is 11.6 Å². The van der Waals surface area contributed by atoms with Crippen molar-refractivity contribution in [2.24, 2.45) is 0 Å². The van der Waals surface area contributed by atoms with Crippen molar-refractivity contribution in [1.29, 1.82) is 0 Å². The first-order valence-corrected chi connectivity index (χ1v) is 5.36.